The quantitative estimate of drug-likeness (QED) is 0.775. The molecule has 1 aromatic carbocycles. The molecular weight excluding hydrogens is 340 g/mol. The number of hydrogen-bond acceptors (Lipinski definition) is 4. The van der Waals surface area contributed by atoms with Gasteiger partial charge in [0.25, 0.3) is 0 Å². The summed E-state index contributed by atoms with van der Waals surface area (Å²) in [4.78, 5) is 14.7. The molecule has 0 aliphatic carbocycles. The average molecular weight is 370 g/mol. The molecule has 0 spiro atoms. The first-order valence-electron chi connectivity index (χ1n) is 9.88. The van der Waals surface area contributed by atoms with Crippen molar-refractivity contribution in [2.75, 3.05) is 32.8 Å². The van der Waals surface area contributed by atoms with Crippen molar-refractivity contribution in [2.45, 2.75) is 39.2 Å². The van der Waals surface area contributed by atoms with Gasteiger partial charge in [-0.3, -0.25) is 9.69 Å². The highest BCUT2D eigenvalue weighted by atomic mass is 16.5. The third-order valence-corrected chi connectivity index (χ3v) is 5.14. The smallest absolute Gasteiger partial charge is 0.220 e. The molecule has 0 saturated carbocycles. The fraction of sp³-hybridized carbons (Fsp3) is 0.500. The van der Waals surface area contributed by atoms with E-state index in [4.69, 9.17) is 9.15 Å². The van der Waals surface area contributed by atoms with Gasteiger partial charge >= 0.3 is 0 Å². The average Bonchev–Trinajstić information content (AvgIpc) is 3.13. The molecule has 1 aliphatic heterocycles. The Kier molecular flexibility index (Phi) is 7.07. The lowest BCUT2D eigenvalue weighted by molar-refractivity contribution is -0.121. The highest BCUT2D eigenvalue weighted by Crippen LogP contribution is 2.23. The van der Waals surface area contributed by atoms with Gasteiger partial charge < -0.3 is 14.5 Å². The van der Waals surface area contributed by atoms with Crippen molar-refractivity contribution in [3.8, 4) is 0 Å². The Balaban J connectivity index is 1.53. The number of carbonyl (C=O) groups excluding carboxylic acids is 1. The van der Waals surface area contributed by atoms with Crippen LogP contribution in [0.25, 0.3) is 0 Å². The second-order valence-electron chi connectivity index (χ2n) is 7.09. The van der Waals surface area contributed by atoms with Crippen molar-refractivity contribution in [1.82, 2.24) is 10.2 Å². The van der Waals surface area contributed by atoms with Crippen molar-refractivity contribution in [3.05, 3.63) is 59.0 Å². The van der Waals surface area contributed by atoms with Gasteiger partial charge in [0.15, 0.2) is 0 Å². The summed E-state index contributed by atoms with van der Waals surface area (Å²) in [6, 6.07) is 12.6. The number of nitrogens with zero attached hydrogens (tertiary/aromatic N) is 1. The number of rotatable bonds is 8. The van der Waals surface area contributed by atoms with Crippen LogP contribution in [-0.4, -0.2) is 43.7 Å². The van der Waals surface area contributed by atoms with Gasteiger partial charge in [-0.2, -0.15) is 0 Å². The lowest BCUT2D eigenvalue weighted by Crippen LogP contribution is -2.43. The van der Waals surface area contributed by atoms with Gasteiger partial charge in [0.05, 0.1) is 19.3 Å². The summed E-state index contributed by atoms with van der Waals surface area (Å²) in [5.41, 5.74) is 2.53. The van der Waals surface area contributed by atoms with Crippen molar-refractivity contribution >= 4 is 5.91 Å². The van der Waals surface area contributed by atoms with Gasteiger partial charge in [-0.1, -0.05) is 31.2 Å². The van der Waals surface area contributed by atoms with E-state index >= 15 is 0 Å². The van der Waals surface area contributed by atoms with Crippen molar-refractivity contribution < 1.29 is 13.9 Å². The molecule has 5 nitrogen and oxygen atoms in total. The zero-order chi connectivity index (χ0) is 19.1. The standard InChI is InChI=1S/C22H30N2O3/c1-3-18-5-7-19(8-6-18)9-11-22(25)23-16-20(21-10-4-17(2)27-21)24-12-14-26-15-13-24/h4-8,10,20H,3,9,11-16H2,1-2H3,(H,23,25). The van der Waals surface area contributed by atoms with E-state index in [9.17, 15) is 4.79 Å². The van der Waals surface area contributed by atoms with Crippen molar-refractivity contribution in [1.29, 1.82) is 0 Å². The topological polar surface area (TPSA) is 54.7 Å². The largest absolute Gasteiger partial charge is 0.465 e. The first-order valence-corrected chi connectivity index (χ1v) is 9.88. The molecule has 0 radical (unpaired) electrons. The van der Waals surface area contributed by atoms with Crippen LogP contribution in [0.3, 0.4) is 0 Å². The fourth-order valence-corrected chi connectivity index (χ4v) is 3.43. The van der Waals surface area contributed by atoms with Gasteiger partial charge in [0, 0.05) is 26.1 Å². The Bertz CT molecular complexity index is 717. The molecule has 1 unspecified atom stereocenters. The molecule has 5 heteroatoms. The number of carbonyl (C=O) groups is 1. The molecule has 1 amide bonds. The number of hydrogen-bond donors (Lipinski definition) is 1. The highest BCUT2D eigenvalue weighted by Gasteiger charge is 2.25. The number of benzene rings is 1. The minimum atomic E-state index is 0.0513. The lowest BCUT2D eigenvalue weighted by atomic mass is 10.1. The molecule has 1 aromatic heterocycles. The van der Waals surface area contributed by atoms with Crippen LogP contribution >= 0.6 is 0 Å². The van der Waals surface area contributed by atoms with Crippen LogP contribution in [0.5, 0.6) is 0 Å². The number of ether oxygens (including phenoxy) is 1. The molecule has 0 bridgehead atoms. The van der Waals surface area contributed by atoms with E-state index in [1.807, 2.05) is 19.1 Å². The van der Waals surface area contributed by atoms with E-state index in [2.05, 4.69) is 41.4 Å². The van der Waals surface area contributed by atoms with Gasteiger partial charge in [-0.05, 0) is 43.0 Å². The maximum atomic E-state index is 12.4. The van der Waals surface area contributed by atoms with Crippen LogP contribution in [0.4, 0.5) is 0 Å². The van der Waals surface area contributed by atoms with Crippen LogP contribution in [0.15, 0.2) is 40.8 Å². The summed E-state index contributed by atoms with van der Waals surface area (Å²) in [6.07, 6.45) is 2.30. The van der Waals surface area contributed by atoms with Gasteiger partial charge in [-0.25, -0.2) is 0 Å². The van der Waals surface area contributed by atoms with E-state index in [1.54, 1.807) is 0 Å². The Hall–Kier alpha value is -2.11. The Morgan fingerprint density at radius 3 is 2.44 bits per heavy atom. The Labute approximate surface area is 161 Å². The molecular formula is C22H30N2O3. The maximum Gasteiger partial charge on any atom is 0.220 e. The van der Waals surface area contributed by atoms with E-state index in [-0.39, 0.29) is 11.9 Å². The molecule has 2 heterocycles. The van der Waals surface area contributed by atoms with Crippen LogP contribution in [-0.2, 0) is 22.4 Å². The summed E-state index contributed by atoms with van der Waals surface area (Å²) in [5.74, 6) is 1.88. The SMILES string of the molecule is CCc1ccc(CCC(=O)NCC(c2ccc(C)o2)N2CCOCC2)cc1. The van der Waals surface area contributed by atoms with Gasteiger partial charge in [0.2, 0.25) is 5.91 Å². The molecule has 2 aromatic rings. The van der Waals surface area contributed by atoms with Crippen LogP contribution < -0.4 is 5.32 Å². The second kappa shape index (κ2) is 9.72. The molecule has 3 rings (SSSR count). The molecule has 1 atom stereocenters. The normalized spacial score (nSPS) is 16.2. The minimum Gasteiger partial charge on any atom is -0.465 e. The zero-order valence-corrected chi connectivity index (χ0v) is 16.4. The third-order valence-electron chi connectivity index (χ3n) is 5.14. The first kappa shape index (κ1) is 19.6. The molecule has 146 valence electrons. The zero-order valence-electron chi connectivity index (χ0n) is 16.4. The minimum absolute atomic E-state index is 0.0513. The number of nitrogens with one attached hydrogen (secondary N) is 1. The molecule has 1 fully saturated rings. The third kappa shape index (κ3) is 5.68. The number of aryl methyl sites for hydroxylation is 3. The van der Waals surface area contributed by atoms with E-state index < -0.39 is 0 Å². The second-order valence-corrected chi connectivity index (χ2v) is 7.09. The van der Waals surface area contributed by atoms with E-state index in [0.29, 0.717) is 13.0 Å². The summed E-state index contributed by atoms with van der Waals surface area (Å²) in [5, 5.41) is 3.10. The van der Waals surface area contributed by atoms with E-state index in [0.717, 1.165) is 50.7 Å². The fourth-order valence-electron chi connectivity index (χ4n) is 3.43. The molecule has 1 aliphatic rings. The van der Waals surface area contributed by atoms with Gasteiger partial charge in [0.1, 0.15) is 11.5 Å². The summed E-state index contributed by atoms with van der Waals surface area (Å²) >= 11 is 0. The van der Waals surface area contributed by atoms with Crippen LogP contribution in [0, 0.1) is 6.92 Å². The highest BCUT2D eigenvalue weighted by molar-refractivity contribution is 5.76. The lowest BCUT2D eigenvalue weighted by Gasteiger charge is -2.33. The number of morpholine rings is 1. The molecule has 1 saturated heterocycles. The number of furan rings is 1. The summed E-state index contributed by atoms with van der Waals surface area (Å²) in [6.45, 7) is 7.79. The Morgan fingerprint density at radius 1 is 1.11 bits per heavy atom. The van der Waals surface area contributed by atoms with Crippen molar-refractivity contribution in [2.24, 2.45) is 0 Å². The van der Waals surface area contributed by atoms with Crippen LogP contribution in [0.2, 0.25) is 0 Å². The number of amides is 1. The van der Waals surface area contributed by atoms with Crippen molar-refractivity contribution in [3.63, 3.8) is 0 Å². The predicted molar refractivity (Wildman–Crippen MR) is 106 cm³/mol. The monoisotopic (exact) mass is 370 g/mol. The summed E-state index contributed by atoms with van der Waals surface area (Å²) in [7, 11) is 0. The first-order chi connectivity index (χ1) is 13.2. The predicted octanol–water partition coefficient (Wildman–Crippen LogP) is 3.27. The molecule has 27 heavy (non-hydrogen) atoms. The molecule has 1 N–H and O–H groups in total. The van der Waals surface area contributed by atoms with Gasteiger partial charge in [-0.15, -0.1) is 0 Å². The Morgan fingerprint density at radius 2 is 1.81 bits per heavy atom. The maximum absolute atomic E-state index is 12.4. The van der Waals surface area contributed by atoms with Crippen LogP contribution in [0.1, 0.15) is 42.0 Å². The van der Waals surface area contributed by atoms with E-state index in [1.165, 1.54) is 11.1 Å². The summed E-state index contributed by atoms with van der Waals surface area (Å²) < 4.78 is 11.3.